The van der Waals surface area contributed by atoms with Gasteiger partial charge in [-0.05, 0) is 43.8 Å². The largest absolute Gasteiger partial charge is 0.478 e. The van der Waals surface area contributed by atoms with Crippen molar-refractivity contribution in [3.05, 3.63) is 29.8 Å². The number of carbonyl (C=O) groups is 1. The van der Waals surface area contributed by atoms with Crippen LogP contribution in [0.3, 0.4) is 0 Å². The second-order valence-electron chi connectivity index (χ2n) is 5.22. The van der Waals surface area contributed by atoms with Gasteiger partial charge in [-0.25, -0.2) is 4.79 Å². The van der Waals surface area contributed by atoms with Crippen LogP contribution in [0.1, 0.15) is 44.0 Å². The predicted octanol–water partition coefficient (Wildman–Crippen LogP) is 3.33. The number of anilines is 1. The monoisotopic (exact) mass is 292 g/mol. The van der Waals surface area contributed by atoms with Crippen molar-refractivity contribution in [2.75, 3.05) is 37.6 Å². The predicted molar refractivity (Wildman–Crippen MR) is 88.3 cm³/mol. The third kappa shape index (κ3) is 5.76. The zero-order chi connectivity index (χ0) is 15.7. The van der Waals surface area contributed by atoms with Gasteiger partial charge in [-0.2, -0.15) is 0 Å². The average molecular weight is 292 g/mol. The number of unbranched alkanes of at least 4 members (excludes halogenated alkanes) is 1. The van der Waals surface area contributed by atoms with E-state index in [0.717, 1.165) is 51.3 Å². The number of carboxylic acids is 1. The molecule has 0 heterocycles. The molecule has 1 aromatic carbocycles. The summed E-state index contributed by atoms with van der Waals surface area (Å²) in [4.78, 5) is 15.7. The van der Waals surface area contributed by atoms with Crippen LogP contribution in [0.5, 0.6) is 0 Å². The minimum absolute atomic E-state index is 0.345. The Labute approximate surface area is 128 Å². The first-order valence-electron chi connectivity index (χ1n) is 7.93. The molecular formula is C17H28N2O2. The Morgan fingerprint density at radius 1 is 1.00 bits per heavy atom. The van der Waals surface area contributed by atoms with Crippen LogP contribution in [-0.2, 0) is 0 Å². The third-order valence-electron chi connectivity index (χ3n) is 3.84. The Hall–Kier alpha value is -1.55. The average Bonchev–Trinajstić information content (AvgIpc) is 2.51. The summed E-state index contributed by atoms with van der Waals surface area (Å²) >= 11 is 0. The molecule has 4 nitrogen and oxygen atoms in total. The summed E-state index contributed by atoms with van der Waals surface area (Å²) in [5, 5.41) is 8.98. The Balaban J connectivity index is 2.73. The van der Waals surface area contributed by atoms with Crippen LogP contribution in [0.2, 0.25) is 0 Å². The van der Waals surface area contributed by atoms with Crippen molar-refractivity contribution in [3.63, 3.8) is 0 Å². The van der Waals surface area contributed by atoms with Gasteiger partial charge in [0.05, 0.1) is 5.56 Å². The molecule has 0 bridgehead atoms. The van der Waals surface area contributed by atoms with Gasteiger partial charge in [-0.15, -0.1) is 0 Å². The Bertz CT molecular complexity index is 413. The third-order valence-corrected chi connectivity index (χ3v) is 3.84. The standard InChI is InChI=1S/C17H28N2O2/c1-4-7-12-19(14-13-18(5-2)6-3)16-10-8-15(9-11-16)17(20)21/h8-11H,4-7,12-14H2,1-3H3,(H,20,21). The van der Waals surface area contributed by atoms with E-state index in [4.69, 9.17) is 5.11 Å². The fourth-order valence-electron chi connectivity index (χ4n) is 2.34. The minimum Gasteiger partial charge on any atom is -0.478 e. The summed E-state index contributed by atoms with van der Waals surface area (Å²) in [5.41, 5.74) is 1.46. The van der Waals surface area contributed by atoms with Crippen molar-refractivity contribution >= 4 is 11.7 Å². The van der Waals surface area contributed by atoms with Gasteiger partial charge in [0.2, 0.25) is 0 Å². The number of nitrogens with zero attached hydrogens (tertiary/aromatic N) is 2. The molecular weight excluding hydrogens is 264 g/mol. The van der Waals surface area contributed by atoms with E-state index in [9.17, 15) is 4.79 Å². The maximum absolute atomic E-state index is 10.9. The zero-order valence-electron chi connectivity index (χ0n) is 13.5. The van der Waals surface area contributed by atoms with E-state index >= 15 is 0 Å². The number of hydrogen-bond donors (Lipinski definition) is 1. The summed E-state index contributed by atoms with van der Waals surface area (Å²) < 4.78 is 0. The topological polar surface area (TPSA) is 43.8 Å². The second-order valence-corrected chi connectivity index (χ2v) is 5.22. The molecule has 0 aromatic heterocycles. The second kappa shape index (κ2) is 9.40. The molecule has 1 aromatic rings. The maximum atomic E-state index is 10.9. The lowest BCUT2D eigenvalue weighted by Gasteiger charge is -2.28. The normalized spacial score (nSPS) is 10.9. The Morgan fingerprint density at radius 2 is 1.62 bits per heavy atom. The number of rotatable bonds is 10. The van der Waals surface area contributed by atoms with Crippen molar-refractivity contribution in [1.82, 2.24) is 4.90 Å². The number of hydrogen-bond acceptors (Lipinski definition) is 3. The molecule has 0 aliphatic carbocycles. The number of carboxylic acid groups (broad SMARTS) is 1. The smallest absolute Gasteiger partial charge is 0.335 e. The molecule has 0 saturated heterocycles. The molecule has 0 spiro atoms. The van der Waals surface area contributed by atoms with Crippen LogP contribution in [-0.4, -0.2) is 48.7 Å². The van der Waals surface area contributed by atoms with Crippen LogP contribution >= 0.6 is 0 Å². The zero-order valence-corrected chi connectivity index (χ0v) is 13.5. The Kier molecular flexibility index (Phi) is 7.83. The molecule has 21 heavy (non-hydrogen) atoms. The lowest BCUT2D eigenvalue weighted by atomic mass is 10.2. The summed E-state index contributed by atoms with van der Waals surface area (Å²) in [6, 6.07) is 7.21. The highest BCUT2D eigenvalue weighted by molar-refractivity contribution is 5.88. The SMILES string of the molecule is CCCCN(CCN(CC)CC)c1ccc(C(=O)O)cc1. The molecule has 0 aliphatic rings. The van der Waals surface area contributed by atoms with Crippen molar-refractivity contribution in [3.8, 4) is 0 Å². The fraction of sp³-hybridized carbons (Fsp3) is 0.588. The van der Waals surface area contributed by atoms with Crippen LogP contribution in [0.4, 0.5) is 5.69 Å². The van der Waals surface area contributed by atoms with E-state index in [1.165, 1.54) is 0 Å². The van der Waals surface area contributed by atoms with E-state index in [-0.39, 0.29) is 0 Å². The van der Waals surface area contributed by atoms with Gasteiger partial charge >= 0.3 is 5.97 Å². The molecule has 1 rings (SSSR count). The molecule has 118 valence electrons. The first-order chi connectivity index (χ1) is 10.1. The first-order valence-corrected chi connectivity index (χ1v) is 7.93. The molecule has 0 saturated carbocycles. The summed E-state index contributed by atoms with van der Waals surface area (Å²) in [5.74, 6) is -0.871. The van der Waals surface area contributed by atoms with Crippen molar-refractivity contribution < 1.29 is 9.90 Å². The minimum atomic E-state index is -0.871. The molecule has 0 radical (unpaired) electrons. The van der Waals surface area contributed by atoms with E-state index in [2.05, 4.69) is 30.6 Å². The lowest BCUT2D eigenvalue weighted by Crippen LogP contribution is -2.35. The number of aromatic carboxylic acids is 1. The van der Waals surface area contributed by atoms with E-state index in [0.29, 0.717) is 5.56 Å². The summed E-state index contributed by atoms with van der Waals surface area (Å²) in [6.07, 6.45) is 2.31. The van der Waals surface area contributed by atoms with Gasteiger partial charge in [-0.1, -0.05) is 27.2 Å². The Morgan fingerprint density at radius 3 is 2.10 bits per heavy atom. The molecule has 0 amide bonds. The summed E-state index contributed by atoms with van der Waals surface area (Å²) in [7, 11) is 0. The fourth-order valence-corrected chi connectivity index (χ4v) is 2.34. The lowest BCUT2D eigenvalue weighted by molar-refractivity contribution is 0.0697. The molecule has 0 aliphatic heterocycles. The van der Waals surface area contributed by atoms with Crippen LogP contribution < -0.4 is 4.90 Å². The summed E-state index contributed by atoms with van der Waals surface area (Å²) in [6.45, 7) is 11.7. The first kappa shape index (κ1) is 17.5. The maximum Gasteiger partial charge on any atom is 0.335 e. The van der Waals surface area contributed by atoms with Crippen LogP contribution in [0.15, 0.2) is 24.3 Å². The van der Waals surface area contributed by atoms with Crippen LogP contribution in [0, 0.1) is 0 Å². The highest BCUT2D eigenvalue weighted by Gasteiger charge is 2.09. The van der Waals surface area contributed by atoms with Gasteiger partial charge in [0.25, 0.3) is 0 Å². The van der Waals surface area contributed by atoms with Crippen molar-refractivity contribution in [2.24, 2.45) is 0 Å². The van der Waals surface area contributed by atoms with Gasteiger partial charge in [-0.3, -0.25) is 0 Å². The molecule has 1 N–H and O–H groups in total. The molecule has 0 fully saturated rings. The highest BCUT2D eigenvalue weighted by Crippen LogP contribution is 2.16. The molecule has 0 unspecified atom stereocenters. The van der Waals surface area contributed by atoms with Gasteiger partial charge in [0.1, 0.15) is 0 Å². The quantitative estimate of drug-likeness (QED) is 0.718. The van der Waals surface area contributed by atoms with E-state index < -0.39 is 5.97 Å². The number of benzene rings is 1. The van der Waals surface area contributed by atoms with E-state index in [1.54, 1.807) is 12.1 Å². The van der Waals surface area contributed by atoms with Crippen molar-refractivity contribution in [2.45, 2.75) is 33.6 Å². The number of likely N-dealkylation sites (N-methyl/N-ethyl adjacent to an activating group) is 1. The molecule has 0 atom stereocenters. The van der Waals surface area contributed by atoms with Gasteiger partial charge in [0.15, 0.2) is 0 Å². The van der Waals surface area contributed by atoms with Gasteiger partial charge < -0.3 is 14.9 Å². The molecule has 4 heteroatoms. The van der Waals surface area contributed by atoms with E-state index in [1.807, 2.05) is 12.1 Å². The van der Waals surface area contributed by atoms with Crippen molar-refractivity contribution in [1.29, 1.82) is 0 Å². The highest BCUT2D eigenvalue weighted by atomic mass is 16.4. The van der Waals surface area contributed by atoms with Crippen LogP contribution in [0.25, 0.3) is 0 Å². The van der Waals surface area contributed by atoms with Gasteiger partial charge in [0, 0.05) is 25.3 Å².